The molecule has 0 saturated carbocycles. The van der Waals surface area contributed by atoms with E-state index < -0.39 is 0 Å². The lowest BCUT2D eigenvalue weighted by molar-refractivity contribution is 0.340. The Morgan fingerprint density at radius 3 is 2.55 bits per heavy atom. The van der Waals surface area contributed by atoms with E-state index in [1.807, 2.05) is 31.2 Å². The van der Waals surface area contributed by atoms with E-state index in [0.717, 1.165) is 82.6 Å². The van der Waals surface area contributed by atoms with Crippen molar-refractivity contribution >= 4 is 16.9 Å². The molecule has 9 nitrogen and oxygen atoms in total. The van der Waals surface area contributed by atoms with Crippen molar-refractivity contribution in [3.8, 4) is 34.1 Å². The quantitative estimate of drug-likeness (QED) is 0.298. The van der Waals surface area contributed by atoms with Crippen molar-refractivity contribution in [3.05, 3.63) is 66.5 Å². The lowest BCUT2D eigenvalue weighted by Crippen LogP contribution is -2.33. The first-order valence-electron chi connectivity index (χ1n) is 13.0. The zero-order chi connectivity index (χ0) is 26.1. The molecule has 1 aliphatic heterocycles. The van der Waals surface area contributed by atoms with Gasteiger partial charge in [0.05, 0.1) is 30.5 Å². The summed E-state index contributed by atoms with van der Waals surface area (Å²) in [6.07, 6.45) is 5.38. The second kappa shape index (κ2) is 10.2. The highest BCUT2D eigenvalue weighted by Crippen LogP contribution is 2.35. The number of piperidine rings is 1. The van der Waals surface area contributed by atoms with Gasteiger partial charge in [0.15, 0.2) is 0 Å². The third-order valence-corrected chi connectivity index (χ3v) is 7.20. The highest BCUT2D eigenvalue weighted by Gasteiger charge is 2.26. The fourth-order valence-electron chi connectivity index (χ4n) is 5.23. The summed E-state index contributed by atoms with van der Waals surface area (Å²) in [5, 5.41) is 1.02. The van der Waals surface area contributed by atoms with Crippen LogP contribution in [0.4, 0.5) is 5.82 Å². The van der Waals surface area contributed by atoms with Crippen LogP contribution < -0.4 is 14.4 Å². The van der Waals surface area contributed by atoms with Crippen molar-refractivity contribution in [3.63, 3.8) is 0 Å². The Balaban J connectivity index is 1.19. The number of nitrogens with zero attached hydrogens (tertiary/aromatic N) is 5. The van der Waals surface area contributed by atoms with Gasteiger partial charge in [0, 0.05) is 48.1 Å². The van der Waals surface area contributed by atoms with E-state index in [-0.39, 0.29) is 0 Å². The lowest BCUT2D eigenvalue weighted by Gasteiger charge is -2.32. The number of methoxy groups -OCH3 is 1. The Morgan fingerprint density at radius 2 is 1.79 bits per heavy atom. The maximum absolute atomic E-state index is 5.58. The lowest BCUT2D eigenvalue weighted by atomic mass is 9.96. The van der Waals surface area contributed by atoms with E-state index in [2.05, 4.69) is 54.9 Å². The third kappa shape index (κ3) is 4.55. The van der Waals surface area contributed by atoms with Crippen LogP contribution in [0.3, 0.4) is 0 Å². The number of nitrogens with one attached hydrogen (secondary N) is 2. The highest BCUT2D eigenvalue weighted by molar-refractivity contribution is 5.92. The van der Waals surface area contributed by atoms with Crippen LogP contribution in [-0.2, 0) is 0 Å². The van der Waals surface area contributed by atoms with Gasteiger partial charge >= 0.3 is 0 Å². The van der Waals surface area contributed by atoms with E-state index in [4.69, 9.17) is 14.5 Å². The number of aromatic nitrogens is 6. The first kappa shape index (κ1) is 24.0. The molecule has 0 atom stereocenters. The average molecular weight is 510 g/mol. The Labute approximate surface area is 221 Å². The summed E-state index contributed by atoms with van der Waals surface area (Å²) >= 11 is 0. The number of imidazole rings is 1. The van der Waals surface area contributed by atoms with Crippen LogP contribution in [0.5, 0.6) is 11.6 Å². The van der Waals surface area contributed by atoms with E-state index in [1.54, 1.807) is 19.6 Å². The Morgan fingerprint density at radius 1 is 0.974 bits per heavy atom. The summed E-state index contributed by atoms with van der Waals surface area (Å²) in [6, 6.07) is 14.2. The van der Waals surface area contributed by atoms with Gasteiger partial charge in [-0.25, -0.2) is 19.9 Å². The second-order valence-corrected chi connectivity index (χ2v) is 9.53. The van der Waals surface area contributed by atoms with Crippen LogP contribution in [0.25, 0.3) is 33.5 Å². The minimum Gasteiger partial charge on any atom is -0.494 e. The van der Waals surface area contributed by atoms with Gasteiger partial charge in [-0.1, -0.05) is 0 Å². The van der Waals surface area contributed by atoms with Gasteiger partial charge in [-0.15, -0.1) is 0 Å². The molecule has 0 unspecified atom stereocenters. The average Bonchev–Trinajstić information content (AvgIpc) is 3.58. The minimum absolute atomic E-state index is 0.379. The zero-order valence-corrected chi connectivity index (χ0v) is 21.9. The third-order valence-electron chi connectivity index (χ3n) is 7.20. The molecule has 194 valence electrons. The van der Waals surface area contributed by atoms with Gasteiger partial charge < -0.3 is 24.3 Å². The van der Waals surface area contributed by atoms with Crippen molar-refractivity contribution in [1.82, 2.24) is 29.9 Å². The van der Waals surface area contributed by atoms with Gasteiger partial charge in [0.2, 0.25) is 5.88 Å². The first-order valence-corrected chi connectivity index (χ1v) is 13.0. The number of hydrogen-bond acceptors (Lipinski definition) is 7. The molecule has 4 aromatic heterocycles. The summed E-state index contributed by atoms with van der Waals surface area (Å²) in [5.41, 5.74) is 6.01. The number of H-pyrrole nitrogens is 2. The molecular formula is C29H31N7O2. The Hall–Kier alpha value is -4.40. The number of ether oxygens (including phenoxy) is 2. The monoisotopic (exact) mass is 509 g/mol. The summed E-state index contributed by atoms with van der Waals surface area (Å²) < 4.78 is 10.9. The summed E-state index contributed by atoms with van der Waals surface area (Å²) in [6.45, 7) is 6.53. The largest absolute Gasteiger partial charge is 0.494 e. The smallest absolute Gasteiger partial charge is 0.213 e. The number of hydrogen-bond donors (Lipinski definition) is 2. The van der Waals surface area contributed by atoms with Crippen molar-refractivity contribution in [2.75, 3.05) is 31.7 Å². The van der Waals surface area contributed by atoms with Crippen LogP contribution in [0.1, 0.15) is 37.2 Å². The predicted octanol–water partition coefficient (Wildman–Crippen LogP) is 5.51. The molecule has 0 radical (unpaired) electrons. The van der Waals surface area contributed by atoms with Crippen LogP contribution >= 0.6 is 0 Å². The molecule has 0 spiro atoms. The van der Waals surface area contributed by atoms with E-state index in [1.165, 1.54) is 0 Å². The number of aryl methyl sites for hydroxylation is 1. The molecule has 0 aliphatic carbocycles. The molecule has 6 rings (SSSR count). The standard InChI is InChI=1S/C29H31N7O2/c1-4-38-22-7-5-19(6-8-22)26-18(2)33-27(35-26)20-10-13-36(14-11-20)29-23-16-24(34-28(23)31-17-32-29)21-9-12-30-25(15-21)37-3/h5-9,12,15-17,20H,4,10-11,13-14H2,1-3H3,(H,33,35)(H,31,32,34). The van der Waals surface area contributed by atoms with Crippen molar-refractivity contribution in [1.29, 1.82) is 0 Å². The van der Waals surface area contributed by atoms with Crippen molar-refractivity contribution in [2.24, 2.45) is 0 Å². The molecule has 1 saturated heterocycles. The fourth-order valence-corrected chi connectivity index (χ4v) is 5.23. The minimum atomic E-state index is 0.379. The van der Waals surface area contributed by atoms with Gasteiger partial charge in [-0.3, -0.25) is 0 Å². The molecule has 0 amide bonds. The summed E-state index contributed by atoms with van der Waals surface area (Å²) in [7, 11) is 1.62. The van der Waals surface area contributed by atoms with Gasteiger partial charge in [-0.2, -0.15) is 0 Å². The highest BCUT2D eigenvalue weighted by atomic mass is 16.5. The Kier molecular flexibility index (Phi) is 6.41. The number of rotatable bonds is 7. The number of anilines is 1. The maximum Gasteiger partial charge on any atom is 0.213 e. The van der Waals surface area contributed by atoms with Crippen LogP contribution in [0, 0.1) is 6.92 Å². The molecular weight excluding hydrogens is 478 g/mol. The molecule has 0 bridgehead atoms. The van der Waals surface area contributed by atoms with Crippen LogP contribution in [-0.4, -0.2) is 56.7 Å². The second-order valence-electron chi connectivity index (χ2n) is 9.53. The number of fused-ring (bicyclic) bond motifs is 1. The maximum atomic E-state index is 5.58. The van der Waals surface area contributed by atoms with Gasteiger partial charge in [0.1, 0.15) is 29.4 Å². The van der Waals surface area contributed by atoms with Crippen LogP contribution in [0.2, 0.25) is 0 Å². The molecule has 38 heavy (non-hydrogen) atoms. The molecule has 1 fully saturated rings. The zero-order valence-electron chi connectivity index (χ0n) is 21.9. The van der Waals surface area contributed by atoms with Crippen LogP contribution in [0.15, 0.2) is 55.0 Å². The fraction of sp³-hybridized carbons (Fsp3) is 0.310. The molecule has 1 aliphatic rings. The normalized spacial score (nSPS) is 14.2. The van der Waals surface area contributed by atoms with E-state index in [9.17, 15) is 0 Å². The number of benzene rings is 1. The number of pyridine rings is 1. The molecule has 1 aromatic carbocycles. The van der Waals surface area contributed by atoms with Crippen molar-refractivity contribution in [2.45, 2.75) is 32.6 Å². The molecule has 5 heterocycles. The predicted molar refractivity (Wildman–Crippen MR) is 148 cm³/mol. The van der Waals surface area contributed by atoms with Gasteiger partial charge in [-0.05, 0) is 63.1 Å². The molecule has 9 heteroatoms. The van der Waals surface area contributed by atoms with Crippen molar-refractivity contribution < 1.29 is 9.47 Å². The SMILES string of the molecule is CCOc1ccc(-c2[nH]c(C3CCN(c4ncnc5[nH]c(-c6ccnc(OC)c6)cc45)CC3)nc2C)cc1. The first-order chi connectivity index (χ1) is 18.6. The summed E-state index contributed by atoms with van der Waals surface area (Å²) in [4.78, 5) is 27.7. The Bertz CT molecular complexity index is 1550. The number of aromatic amines is 2. The van der Waals surface area contributed by atoms with E-state index >= 15 is 0 Å². The molecule has 5 aromatic rings. The molecule has 2 N–H and O–H groups in total. The van der Waals surface area contributed by atoms with E-state index in [0.29, 0.717) is 18.4 Å². The van der Waals surface area contributed by atoms with Gasteiger partial charge in [0.25, 0.3) is 0 Å². The topological polar surface area (TPSA) is 105 Å². The summed E-state index contributed by atoms with van der Waals surface area (Å²) in [5.74, 6) is 3.87.